The van der Waals surface area contributed by atoms with E-state index in [1.165, 1.54) is 36.0 Å². The molecular weight excluding hydrogens is 554 g/mol. The highest BCUT2D eigenvalue weighted by Crippen LogP contribution is 2.37. The Labute approximate surface area is 247 Å². The number of non-ortho nitro benzene ring substituents is 1. The summed E-state index contributed by atoms with van der Waals surface area (Å²) in [4.78, 5) is 49.7. The summed E-state index contributed by atoms with van der Waals surface area (Å²) < 4.78 is 5.24. The Kier molecular flexibility index (Phi) is 10.4. The lowest BCUT2D eigenvalue weighted by atomic mass is 10.1. The summed E-state index contributed by atoms with van der Waals surface area (Å²) in [6.07, 6.45) is 1.73. The second kappa shape index (κ2) is 14.6. The van der Waals surface area contributed by atoms with Gasteiger partial charge in [0, 0.05) is 34.0 Å². The van der Waals surface area contributed by atoms with Crippen molar-refractivity contribution in [2.45, 2.75) is 29.9 Å². The summed E-state index contributed by atoms with van der Waals surface area (Å²) in [5.74, 6) is -1.16. The number of benzene rings is 4. The molecule has 1 atom stereocenters. The second-order valence-electron chi connectivity index (χ2n) is 9.25. The predicted octanol–water partition coefficient (Wildman–Crippen LogP) is 7.28. The zero-order chi connectivity index (χ0) is 29.9. The van der Waals surface area contributed by atoms with Gasteiger partial charge in [-0.25, -0.2) is 4.79 Å². The van der Waals surface area contributed by atoms with E-state index in [2.05, 4.69) is 10.6 Å². The molecule has 1 unspecified atom stereocenters. The Morgan fingerprint density at radius 2 is 1.57 bits per heavy atom. The number of rotatable bonds is 12. The number of hydrogen-bond donors (Lipinski definition) is 2. The maximum absolute atomic E-state index is 13.5. The smallest absolute Gasteiger partial charge is 0.338 e. The van der Waals surface area contributed by atoms with Gasteiger partial charge >= 0.3 is 5.97 Å². The van der Waals surface area contributed by atoms with Crippen molar-refractivity contribution in [3.63, 3.8) is 0 Å². The molecule has 214 valence electrons. The van der Waals surface area contributed by atoms with E-state index in [1.807, 2.05) is 43.3 Å². The summed E-state index contributed by atoms with van der Waals surface area (Å²) in [7, 11) is 0. The first-order valence-electron chi connectivity index (χ1n) is 13.3. The maximum atomic E-state index is 13.5. The SMILES string of the molecule is CCCCOC(=O)c1ccc(NC(=O)C(Sc2cccc(NC(=O)c3cccc([N+](=O)[O-])c3)c2)c2ccccc2)cc1. The molecule has 0 aliphatic rings. The predicted molar refractivity (Wildman–Crippen MR) is 163 cm³/mol. The van der Waals surface area contributed by atoms with Gasteiger partial charge in [-0.15, -0.1) is 11.8 Å². The minimum absolute atomic E-state index is 0.157. The fourth-order valence-corrected chi connectivity index (χ4v) is 5.02. The van der Waals surface area contributed by atoms with Crippen molar-refractivity contribution in [1.29, 1.82) is 0 Å². The number of hydrogen-bond acceptors (Lipinski definition) is 7. The van der Waals surface area contributed by atoms with Crippen molar-refractivity contribution in [2.75, 3.05) is 17.2 Å². The number of nitrogens with one attached hydrogen (secondary N) is 2. The maximum Gasteiger partial charge on any atom is 0.338 e. The van der Waals surface area contributed by atoms with E-state index < -0.39 is 22.0 Å². The van der Waals surface area contributed by atoms with Gasteiger partial charge in [0.05, 0.1) is 17.1 Å². The monoisotopic (exact) mass is 583 g/mol. The third-order valence-electron chi connectivity index (χ3n) is 6.12. The van der Waals surface area contributed by atoms with Crippen LogP contribution in [-0.4, -0.2) is 29.3 Å². The van der Waals surface area contributed by atoms with Crippen LogP contribution in [-0.2, 0) is 9.53 Å². The Bertz CT molecular complexity index is 1560. The first kappa shape index (κ1) is 30.0. The molecule has 0 aliphatic carbocycles. The summed E-state index contributed by atoms with van der Waals surface area (Å²) in [5.41, 5.74) is 2.17. The van der Waals surface area contributed by atoms with Crippen molar-refractivity contribution in [1.82, 2.24) is 0 Å². The van der Waals surface area contributed by atoms with Gasteiger partial charge in [0.15, 0.2) is 0 Å². The molecule has 0 aromatic heterocycles. The summed E-state index contributed by atoms with van der Waals surface area (Å²) in [6, 6.07) is 28.3. The Morgan fingerprint density at radius 3 is 2.29 bits per heavy atom. The third kappa shape index (κ3) is 8.28. The number of carbonyl (C=O) groups excluding carboxylic acids is 3. The minimum atomic E-state index is -0.632. The number of unbranched alkanes of at least 4 members (excludes halogenated alkanes) is 1. The Morgan fingerprint density at radius 1 is 0.833 bits per heavy atom. The Balaban J connectivity index is 1.47. The van der Waals surface area contributed by atoms with Crippen molar-refractivity contribution >= 4 is 46.6 Å². The van der Waals surface area contributed by atoms with Crippen molar-refractivity contribution < 1.29 is 24.0 Å². The standard InChI is InChI=1S/C32H29N3O6S/c1-2-3-19-41-32(38)23-15-17-25(18-16-23)33-31(37)29(22-9-5-4-6-10-22)42-28-14-8-12-26(21-28)34-30(36)24-11-7-13-27(20-24)35(39)40/h4-18,20-21,29H,2-3,19H2,1H3,(H,33,37)(H,34,36). The number of anilines is 2. The van der Waals surface area contributed by atoms with Crippen LogP contribution in [0.1, 0.15) is 51.3 Å². The van der Waals surface area contributed by atoms with Gasteiger partial charge in [0.25, 0.3) is 11.6 Å². The fourth-order valence-electron chi connectivity index (χ4n) is 3.94. The lowest BCUT2D eigenvalue weighted by molar-refractivity contribution is -0.384. The van der Waals surface area contributed by atoms with Crippen molar-refractivity contribution in [2.24, 2.45) is 0 Å². The van der Waals surface area contributed by atoms with Gasteiger partial charge in [-0.3, -0.25) is 19.7 Å². The van der Waals surface area contributed by atoms with E-state index in [9.17, 15) is 24.5 Å². The summed E-state index contributed by atoms with van der Waals surface area (Å²) in [5, 5.41) is 16.1. The van der Waals surface area contributed by atoms with Crippen LogP contribution in [0.15, 0.2) is 108 Å². The van der Waals surface area contributed by atoms with Gasteiger partial charge in [0.1, 0.15) is 5.25 Å². The van der Waals surface area contributed by atoms with Crippen LogP contribution in [0.3, 0.4) is 0 Å². The highest BCUT2D eigenvalue weighted by atomic mass is 32.2. The molecule has 2 N–H and O–H groups in total. The van der Waals surface area contributed by atoms with E-state index in [1.54, 1.807) is 42.5 Å². The van der Waals surface area contributed by atoms with Crippen LogP contribution in [0.2, 0.25) is 0 Å². The normalized spacial score (nSPS) is 11.3. The number of nitro benzene ring substituents is 1. The number of thioether (sulfide) groups is 1. The van der Waals surface area contributed by atoms with E-state index in [4.69, 9.17) is 4.74 Å². The average Bonchev–Trinajstić information content (AvgIpc) is 3.01. The van der Waals surface area contributed by atoms with Gasteiger partial charge in [0.2, 0.25) is 5.91 Å². The quantitative estimate of drug-likeness (QED) is 0.0590. The summed E-state index contributed by atoms with van der Waals surface area (Å²) >= 11 is 1.31. The average molecular weight is 584 g/mol. The number of nitrogens with zero attached hydrogens (tertiary/aromatic N) is 1. The lowest BCUT2D eigenvalue weighted by Gasteiger charge is -2.18. The summed E-state index contributed by atoms with van der Waals surface area (Å²) in [6.45, 7) is 2.38. The molecule has 0 heterocycles. The second-order valence-corrected chi connectivity index (χ2v) is 10.4. The molecule has 4 aromatic carbocycles. The fraction of sp³-hybridized carbons (Fsp3) is 0.156. The van der Waals surface area contributed by atoms with E-state index >= 15 is 0 Å². The number of nitro groups is 1. The highest BCUT2D eigenvalue weighted by Gasteiger charge is 2.23. The van der Waals surface area contributed by atoms with Crippen LogP contribution >= 0.6 is 11.8 Å². The molecule has 0 spiro atoms. The first-order valence-corrected chi connectivity index (χ1v) is 14.2. The van der Waals surface area contributed by atoms with Crippen LogP contribution in [0, 0.1) is 10.1 Å². The molecule has 4 rings (SSSR count). The number of esters is 1. The molecule has 0 bridgehead atoms. The zero-order valence-electron chi connectivity index (χ0n) is 22.8. The molecule has 2 amide bonds. The van der Waals surface area contributed by atoms with Crippen LogP contribution in [0.25, 0.3) is 0 Å². The zero-order valence-corrected chi connectivity index (χ0v) is 23.6. The molecule has 0 fully saturated rings. The number of amides is 2. The molecule has 42 heavy (non-hydrogen) atoms. The number of ether oxygens (including phenoxy) is 1. The molecular formula is C32H29N3O6S. The first-order chi connectivity index (χ1) is 20.3. The molecule has 0 radical (unpaired) electrons. The largest absolute Gasteiger partial charge is 0.462 e. The van der Waals surface area contributed by atoms with Crippen molar-refractivity contribution in [3.05, 3.63) is 130 Å². The third-order valence-corrected chi connectivity index (χ3v) is 7.37. The topological polar surface area (TPSA) is 128 Å². The van der Waals surface area contributed by atoms with Gasteiger partial charge in [-0.05, 0) is 60.5 Å². The molecule has 0 saturated heterocycles. The van der Waals surface area contributed by atoms with E-state index in [0.717, 1.165) is 23.3 Å². The van der Waals surface area contributed by atoms with Crippen LogP contribution < -0.4 is 10.6 Å². The molecule has 10 heteroatoms. The van der Waals surface area contributed by atoms with Gasteiger partial charge in [-0.1, -0.05) is 55.8 Å². The highest BCUT2D eigenvalue weighted by molar-refractivity contribution is 8.00. The lowest BCUT2D eigenvalue weighted by Crippen LogP contribution is -2.19. The molecule has 9 nitrogen and oxygen atoms in total. The van der Waals surface area contributed by atoms with Crippen molar-refractivity contribution in [3.8, 4) is 0 Å². The molecule has 4 aromatic rings. The van der Waals surface area contributed by atoms with E-state index in [-0.39, 0.29) is 17.2 Å². The number of carbonyl (C=O) groups is 3. The molecule has 0 aliphatic heterocycles. The van der Waals surface area contributed by atoms with Gasteiger partial charge in [-0.2, -0.15) is 0 Å². The van der Waals surface area contributed by atoms with E-state index in [0.29, 0.717) is 23.5 Å². The molecule has 0 saturated carbocycles. The van der Waals surface area contributed by atoms with Gasteiger partial charge < -0.3 is 15.4 Å². The Hall–Kier alpha value is -4.96. The van der Waals surface area contributed by atoms with Crippen LogP contribution in [0.4, 0.5) is 17.1 Å². The minimum Gasteiger partial charge on any atom is -0.462 e. The van der Waals surface area contributed by atoms with Crippen LogP contribution in [0.5, 0.6) is 0 Å².